The van der Waals surface area contributed by atoms with Gasteiger partial charge in [-0.2, -0.15) is 0 Å². The van der Waals surface area contributed by atoms with Crippen molar-refractivity contribution < 1.29 is 8.42 Å². The molecule has 1 N–H and O–H groups in total. The number of benzene rings is 1. The van der Waals surface area contributed by atoms with Crippen LogP contribution < -0.4 is 5.32 Å². The van der Waals surface area contributed by atoms with E-state index in [4.69, 9.17) is 11.6 Å². The molecule has 0 radical (unpaired) electrons. The molecule has 1 aliphatic carbocycles. The van der Waals surface area contributed by atoms with Crippen molar-refractivity contribution in [3.8, 4) is 0 Å². The molecule has 1 aromatic carbocycles. The molecule has 100 valence electrons. The normalized spacial score (nSPS) is 17.2. The fraction of sp³-hybridized carbons (Fsp3) is 0.538. The Morgan fingerprint density at radius 2 is 1.89 bits per heavy atom. The van der Waals surface area contributed by atoms with Crippen molar-refractivity contribution in [1.82, 2.24) is 5.32 Å². The van der Waals surface area contributed by atoms with Crippen LogP contribution in [0.4, 0.5) is 0 Å². The molecule has 2 rings (SSSR count). The summed E-state index contributed by atoms with van der Waals surface area (Å²) < 4.78 is 24.2. The van der Waals surface area contributed by atoms with Crippen LogP contribution in [0.2, 0.25) is 5.02 Å². The smallest absolute Gasteiger partial charge is 0.181 e. The fourth-order valence-corrected chi connectivity index (χ4v) is 4.08. The van der Waals surface area contributed by atoms with Gasteiger partial charge in [0.2, 0.25) is 0 Å². The molecule has 0 aromatic heterocycles. The quantitative estimate of drug-likeness (QED) is 0.906. The number of hydrogen-bond donors (Lipinski definition) is 1. The summed E-state index contributed by atoms with van der Waals surface area (Å²) in [5, 5.41) is 3.61. The van der Waals surface area contributed by atoms with Crippen molar-refractivity contribution in [3.05, 3.63) is 29.3 Å². The van der Waals surface area contributed by atoms with Gasteiger partial charge in [0.15, 0.2) is 9.84 Å². The molecular weight excluding hydrogens is 270 g/mol. The fourth-order valence-electron chi connectivity index (χ4n) is 2.33. The highest BCUT2D eigenvalue weighted by Gasteiger charge is 2.19. The van der Waals surface area contributed by atoms with E-state index in [0.717, 1.165) is 12.8 Å². The van der Waals surface area contributed by atoms with Crippen molar-refractivity contribution in [3.63, 3.8) is 0 Å². The summed E-state index contributed by atoms with van der Waals surface area (Å²) >= 11 is 5.92. The second-order valence-electron chi connectivity index (χ2n) is 4.68. The lowest BCUT2D eigenvalue weighted by Gasteiger charge is -2.12. The minimum absolute atomic E-state index is 0.104. The first kappa shape index (κ1) is 13.8. The van der Waals surface area contributed by atoms with Gasteiger partial charge in [0.05, 0.1) is 15.7 Å². The molecule has 0 saturated heterocycles. The molecule has 0 aliphatic heterocycles. The molecule has 0 bridgehead atoms. The first-order chi connectivity index (χ1) is 8.59. The van der Waals surface area contributed by atoms with Gasteiger partial charge in [-0.1, -0.05) is 36.6 Å². The van der Waals surface area contributed by atoms with E-state index in [1.54, 1.807) is 24.3 Å². The van der Waals surface area contributed by atoms with E-state index >= 15 is 0 Å². The van der Waals surface area contributed by atoms with Crippen LogP contribution in [-0.4, -0.2) is 26.8 Å². The maximum absolute atomic E-state index is 12.1. The van der Waals surface area contributed by atoms with E-state index in [9.17, 15) is 8.42 Å². The zero-order valence-electron chi connectivity index (χ0n) is 10.2. The van der Waals surface area contributed by atoms with Gasteiger partial charge in [-0.3, -0.25) is 0 Å². The topological polar surface area (TPSA) is 46.2 Å². The number of rotatable bonds is 5. The van der Waals surface area contributed by atoms with Crippen LogP contribution in [0.25, 0.3) is 0 Å². The van der Waals surface area contributed by atoms with Crippen molar-refractivity contribution in [2.24, 2.45) is 0 Å². The Balaban J connectivity index is 1.93. The van der Waals surface area contributed by atoms with E-state index in [0.29, 0.717) is 17.6 Å². The Bertz CT molecular complexity index is 495. The lowest BCUT2D eigenvalue weighted by Crippen LogP contribution is -2.31. The highest BCUT2D eigenvalue weighted by Crippen LogP contribution is 2.22. The summed E-state index contributed by atoms with van der Waals surface area (Å²) in [5.74, 6) is 0.104. The van der Waals surface area contributed by atoms with Crippen LogP contribution >= 0.6 is 11.6 Å². The van der Waals surface area contributed by atoms with Crippen molar-refractivity contribution >= 4 is 21.4 Å². The first-order valence-corrected chi connectivity index (χ1v) is 8.33. The molecule has 1 aliphatic rings. The van der Waals surface area contributed by atoms with E-state index in [-0.39, 0.29) is 10.6 Å². The molecule has 0 unspecified atom stereocenters. The number of hydrogen-bond acceptors (Lipinski definition) is 3. The van der Waals surface area contributed by atoms with Crippen LogP contribution in [0.1, 0.15) is 25.7 Å². The van der Waals surface area contributed by atoms with Gasteiger partial charge >= 0.3 is 0 Å². The van der Waals surface area contributed by atoms with Gasteiger partial charge in [-0.25, -0.2) is 8.42 Å². The van der Waals surface area contributed by atoms with Gasteiger partial charge in [-0.15, -0.1) is 0 Å². The molecule has 1 aromatic rings. The second-order valence-corrected chi connectivity index (χ2v) is 7.17. The van der Waals surface area contributed by atoms with Crippen LogP contribution in [0, 0.1) is 0 Å². The first-order valence-electron chi connectivity index (χ1n) is 6.30. The van der Waals surface area contributed by atoms with Crippen LogP contribution in [-0.2, 0) is 9.84 Å². The van der Waals surface area contributed by atoms with Crippen molar-refractivity contribution in [1.29, 1.82) is 0 Å². The summed E-state index contributed by atoms with van der Waals surface area (Å²) in [4.78, 5) is 0.236. The van der Waals surface area contributed by atoms with Crippen molar-refractivity contribution in [2.45, 2.75) is 36.6 Å². The molecule has 1 saturated carbocycles. The zero-order chi connectivity index (χ0) is 13.0. The summed E-state index contributed by atoms with van der Waals surface area (Å²) in [6, 6.07) is 7.10. The zero-order valence-corrected chi connectivity index (χ0v) is 11.8. The third kappa shape index (κ3) is 3.46. The SMILES string of the molecule is O=S(=O)(CCNC1CCCC1)c1ccccc1Cl. The summed E-state index contributed by atoms with van der Waals surface area (Å²) in [7, 11) is -3.28. The van der Waals surface area contributed by atoms with E-state index in [1.165, 1.54) is 12.8 Å². The van der Waals surface area contributed by atoms with Gasteiger partial charge < -0.3 is 5.32 Å². The highest BCUT2D eigenvalue weighted by molar-refractivity contribution is 7.91. The van der Waals surface area contributed by atoms with E-state index in [2.05, 4.69) is 5.32 Å². The lowest BCUT2D eigenvalue weighted by atomic mass is 10.2. The van der Waals surface area contributed by atoms with E-state index < -0.39 is 9.84 Å². The van der Waals surface area contributed by atoms with Crippen molar-refractivity contribution in [2.75, 3.05) is 12.3 Å². The number of nitrogens with one attached hydrogen (secondary N) is 1. The van der Waals surface area contributed by atoms with Crippen LogP contribution in [0.15, 0.2) is 29.2 Å². The molecule has 5 heteroatoms. The second kappa shape index (κ2) is 6.04. The Labute approximate surface area is 113 Å². The molecule has 0 spiro atoms. The average molecular weight is 288 g/mol. The predicted molar refractivity (Wildman–Crippen MR) is 73.8 cm³/mol. The molecule has 0 atom stereocenters. The average Bonchev–Trinajstić information content (AvgIpc) is 2.82. The predicted octanol–water partition coefficient (Wildman–Crippen LogP) is 2.65. The lowest BCUT2D eigenvalue weighted by molar-refractivity contribution is 0.536. The third-order valence-corrected chi connectivity index (χ3v) is 5.54. The maximum Gasteiger partial charge on any atom is 0.181 e. The summed E-state index contributed by atoms with van der Waals surface area (Å²) in [6.07, 6.45) is 4.81. The molecule has 0 amide bonds. The molecule has 0 heterocycles. The summed E-state index contributed by atoms with van der Waals surface area (Å²) in [5.41, 5.74) is 0. The standard InChI is InChI=1S/C13H18ClNO2S/c14-12-7-3-4-8-13(12)18(16,17)10-9-15-11-5-1-2-6-11/h3-4,7-8,11,15H,1-2,5-6,9-10H2. The van der Waals surface area contributed by atoms with Gasteiger partial charge in [-0.05, 0) is 25.0 Å². The Morgan fingerprint density at radius 1 is 1.22 bits per heavy atom. The van der Waals surface area contributed by atoms with Crippen LogP contribution in [0.5, 0.6) is 0 Å². The Kier molecular flexibility index (Phi) is 4.65. The van der Waals surface area contributed by atoms with Gasteiger partial charge in [0, 0.05) is 12.6 Å². The Morgan fingerprint density at radius 3 is 2.56 bits per heavy atom. The third-order valence-electron chi connectivity index (χ3n) is 3.33. The monoisotopic (exact) mass is 287 g/mol. The maximum atomic E-state index is 12.1. The van der Waals surface area contributed by atoms with Gasteiger partial charge in [0.25, 0.3) is 0 Å². The molecular formula is C13H18ClNO2S. The minimum atomic E-state index is -3.28. The Hall–Kier alpha value is -0.580. The molecule has 1 fully saturated rings. The van der Waals surface area contributed by atoms with Gasteiger partial charge in [0.1, 0.15) is 0 Å². The minimum Gasteiger partial charge on any atom is -0.313 e. The van der Waals surface area contributed by atoms with Crippen LogP contribution in [0.3, 0.4) is 0 Å². The largest absolute Gasteiger partial charge is 0.313 e. The number of sulfone groups is 1. The van der Waals surface area contributed by atoms with E-state index in [1.807, 2.05) is 0 Å². The molecule has 3 nitrogen and oxygen atoms in total. The number of halogens is 1. The highest BCUT2D eigenvalue weighted by atomic mass is 35.5. The summed E-state index contributed by atoms with van der Waals surface area (Å²) in [6.45, 7) is 0.498. The molecule has 18 heavy (non-hydrogen) atoms.